The fourth-order valence-corrected chi connectivity index (χ4v) is 6.94. The Morgan fingerprint density at radius 2 is 1.68 bits per heavy atom. The lowest BCUT2D eigenvalue weighted by atomic mass is 9.89. The van der Waals surface area contributed by atoms with E-state index in [4.69, 9.17) is 0 Å². The molecule has 0 unspecified atom stereocenters. The maximum atomic E-state index is 14.6. The summed E-state index contributed by atoms with van der Waals surface area (Å²) < 4.78 is 75.0. The Morgan fingerprint density at radius 3 is 2.34 bits per heavy atom. The first-order valence-electron chi connectivity index (χ1n) is 12.7. The molecule has 13 heteroatoms. The van der Waals surface area contributed by atoms with E-state index >= 15 is 0 Å². The Labute approximate surface area is 239 Å². The summed E-state index contributed by atoms with van der Waals surface area (Å²) in [6.07, 6.45) is 2.40. The van der Waals surface area contributed by atoms with Crippen molar-refractivity contribution in [3.8, 4) is 0 Å². The van der Waals surface area contributed by atoms with Gasteiger partial charge >= 0.3 is 0 Å². The van der Waals surface area contributed by atoms with E-state index in [9.17, 15) is 26.4 Å². The molecule has 4 aromatic rings. The number of carbonyl (C=O) groups excluding carboxylic acids is 1. The summed E-state index contributed by atoms with van der Waals surface area (Å²) in [4.78, 5) is 19.4. The molecular formula is C28H26F3N5O3S2. The van der Waals surface area contributed by atoms with E-state index in [1.54, 1.807) is 30.0 Å². The molecule has 2 aromatic carbocycles. The zero-order valence-electron chi connectivity index (χ0n) is 22.1. The lowest BCUT2D eigenvalue weighted by molar-refractivity contribution is 0.0713. The zero-order valence-corrected chi connectivity index (χ0v) is 23.8. The minimum Gasteiger partial charge on any atom is -0.352 e. The van der Waals surface area contributed by atoms with Crippen LogP contribution < -0.4 is 10.0 Å². The maximum absolute atomic E-state index is 14.6. The number of carbonyl (C=O) groups is 1. The SMILES string of the molecule is Cc1cc(NS(=O)(=O)c2ncc(C(=O)N3CCC(c4ccc(F)cc4)CC3)c(Nc3cc(F)ccc3F)c2C)sn1. The van der Waals surface area contributed by atoms with Gasteiger partial charge in [0.2, 0.25) is 0 Å². The van der Waals surface area contributed by atoms with Crippen LogP contribution in [-0.4, -0.2) is 41.7 Å². The van der Waals surface area contributed by atoms with E-state index in [-0.39, 0.29) is 44.3 Å². The van der Waals surface area contributed by atoms with Crippen LogP contribution in [-0.2, 0) is 10.0 Å². The van der Waals surface area contributed by atoms with Crippen molar-refractivity contribution in [1.82, 2.24) is 14.3 Å². The van der Waals surface area contributed by atoms with Crippen molar-refractivity contribution in [2.24, 2.45) is 0 Å². The van der Waals surface area contributed by atoms with Gasteiger partial charge in [-0.25, -0.2) is 18.2 Å². The molecule has 8 nitrogen and oxygen atoms in total. The number of nitrogens with zero attached hydrogens (tertiary/aromatic N) is 3. The third kappa shape index (κ3) is 6.20. The molecule has 0 bridgehead atoms. The Kier molecular flexibility index (Phi) is 8.00. The number of pyridine rings is 1. The van der Waals surface area contributed by atoms with Gasteiger partial charge in [0, 0.05) is 30.9 Å². The Balaban J connectivity index is 1.47. The number of likely N-dealkylation sites (tertiary alicyclic amines) is 1. The van der Waals surface area contributed by atoms with E-state index < -0.39 is 27.6 Å². The molecule has 214 valence electrons. The number of aryl methyl sites for hydroxylation is 1. The molecule has 1 amide bonds. The van der Waals surface area contributed by atoms with Crippen molar-refractivity contribution in [3.63, 3.8) is 0 Å². The second kappa shape index (κ2) is 11.5. The number of aromatic nitrogens is 2. The van der Waals surface area contributed by atoms with E-state index in [2.05, 4.69) is 19.4 Å². The van der Waals surface area contributed by atoms with Crippen LogP contribution in [0.5, 0.6) is 0 Å². The predicted octanol–water partition coefficient (Wildman–Crippen LogP) is 6.14. The molecule has 2 aromatic heterocycles. The predicted molar refractivity (Wildman–Crippen MR) is 151 cm³/mol. The van der Waals surface area contributed by atoms with Gasteiger partial charge in [0.1, 0.15) is 22.5 Å². The second-order valence-electron chi connectivity index (χ2n) is 9.78. The Bertz CT molecular complexity index is 1700. The summed E-state index contributed by atoms with van der Waals surface area (Å²) in [7, 11) is -4.22. The third-order valence-corrected chi connectivity index (χ3v) is 9.27. The number of amides is 1. The average Bonchev–Trinajstić information content (AvgIpc) is 3.35. The van der Waals surface area contributed by atoms with Crippen LogP contribution in [0.2, 0.25) is 0 Å². The first-order chi connectivity index (χ1) is 19.5. The lowest BCUT2D eigenvalue weighted by Gasteiger charge is -2.33. The van der Waals surface area contributed by atoms with Crippen LogP contribution in [0.3, 0.4) is 0 Å². The number of halogens is 3. The van der Waals surface area contributed by atoms with Crippen molar-refractivity contribution < 1.29 is 26.4 Å². The molecule has 3 heterocycles. The zero-order chi connectivity index (χ0) is 29.3. The first-order valence-corrected chi connectivity index (χ1v) is 15.0. The van der Waals surface area contributed by atoms with Crippen LogP contribution in [0.1, 0.15) is 45.9 Å². The molecule has 1 fully saturated rings. The van der Waals surface area contributed by atoms with Crippen molar-refractivity contribution in [2.75, 3.05) is 23.1 Å². The topological polar surface area (TPSA) is 104 Å². The molecule has 0 aliphatic carbocycles. The molecule has 0 radical (unpaired) electrons. The fraction of sp³-hybridized carbons (Fsp3) is 0.250. The van der Waals surface area contributed by atoms with Crippen molar-refractivity contribution >= 4 is 43.8 Å². The fourth-order valence-electron chi connectivity index (χ4n) is 4.83. The Morgan fingerprint density at radius 1 is 1.00 bits per heavy atom. The van der Waals surface area contributed by atoms with Gasteiger partial charge in [-0.15, -0.1) is 0 Å². The van der Waals surface area contributed by atoms with Gasteiger partial charge < -0.3 is 10.2 Å². The largest absolute Gasteiger partial charge is 0.352 e. The number of hydrogen-bond acceptors (Lipinski definition) is 7. The van der Waals surface area contributed by atoms with Crippen LogP contribution >= 0.6 is 11.5 Å². The number of benzene rings is 2. The number of piperidine rings is 1. The summed E-state index contributed by atoms with van der Waals surface area (Å²) in [6, 6.07) is 10.7. The van der Waals surface area contributed by atoms with Crippen molar-refractivity contribution in [1.29, 1.82) is 0 Å². The molecular weight excluding hydrogens is 575 g/mol. The summed E-state index contributed by atoms with van der Waals surface area (Å²) in [6.45, 7) is 3.94. The molecule has 41 heavy (non-hydrogen) atoms. The molecule has 5 rings (SSSR count). The first kappa shape index (κ1) is 28.6. The molecule has 0 atom stereocenters. The minimum absolute atomic E-state index is 0.00369. The molecule has 1 aliphatic rings. The highest BCUT2D eigenvalue weighted by molar-refractivity contribution is 7.92. The smallest absolute Gasteiger partial charge is 0.280 e. The minimum atomic E-state index is -4.22. The molecule has 0 spiro atoms. The van der Waals surface area contributed by atoms with E-state index in [1.807, 2.05) is 0 Å². The van der Waals surface area contributed by atoms with Gasteiger partial charge in [0.05, 0.1) is 22.6 Å². The van der Waals surface area contributed by atoms with Gasteiger partial charge in [-0.1, -0.05) is 12.1 Å². The van der Waals surface area contributed by atoms with Crippen LogP contribution in [0.4, 0.5) is 29.5 Å². The highest BCUT2D eigenvalue weighted by Crippen LogP contribution is 2.34. The molecule has 1 saturated heterocycles. The van der Waals surface area contributed by atoms with E-state index in [0.717, 1.165) is 41.5 Å². The van der Waals surface area contributed by atoms with Crippen LogP contribution in [0.25, 0.3) is 0 Å². The second-order valence-corrected chi connectivity index (χ2v) is 12.2. The van der Waals surface area contributed by atoms with Gasteiger partial charge in [-0.3, -0.25) is 9.52 Å². The standard InChI is InChI=1S/C28H26F3N5O3S2/c1-16-13-25(40-34-16)35-41(38,39)27-17(2)26(33-24-14-21(30)7-8-23(24)31)22(15-32-27)28(37)36-11-9-19(10-12-36)18-3-5-20(29)6-4-18/h3-8,13-15,19,35H,9-12H2,1-2H3,(H,32,33). The van der Waals surface area contributed by atoms with Crippen LogP contribution in [0.15, 0.2) is 59.8 Å². The highest BCUT2D eigenvalue weighted by atomic mass is 32.2. The summed E-state index contributed by atoms with van der Waals surface area (Å²) in [5, 5.41) is 2.65. The molecule has 1 aliphatic heterocycles. The van der Waals surface area contributed by atoms with Crippen LogP contribution in [0, 0.1) is 31.3 Å². The lowest BCUT2D eigenvalue weighted by Crippen LogP contribution is -2.38. The Hall–Kier alpha value is -3.97. The monoisotopic (exact) mass is 601 g/mol. The number of anilines is 3. The van der Waals surface area contributed by atoms with Gasteiger partial charge in [-0.05, 0) is 80.0 Å². The number of nitrogens with one attached hydrogen (secondary N) is 2. The summed E-state index contributed by atoms with van der Waals surface area (Å²) in [5.41, 5.74) is 1.41. The van der Waals surface area contributed by atoms with Gasteiger partial charge in [-0.2, -0.15) is 12.8 Å². The molecule has 0 saturated carbocycles. The quantitative estimate of drug-likeness (QED) is 0.264. The van der Waals surface area contributed by atoms with E-state index in [1.165, 1.54) is 19.1 Å². The van der Waals surface area contributed by atoms with E-state index in [0.29, 0.717) is 31.6 Å². The third-order valence-electron chi connectivity index (χ3n) is 6.94. The maximum Gasteiger partial charge on any atom is 0.280 e. The molecule has 2 N–H and O–H groups in total. The van der Waals surface area contributed by atoms with Gasteiger partial charge in [0.15, 0.2) is 5.03 Å². The highest BCUT2D eigenvalue weighted by Gasteiger charge is 2.30. The number of rotatable bonds is 7. The summed E-state index contributed by atoms with van der Waals surface area (Å²) in [5.74, 6) is -2.11. The summed E-state index contributed by atoms with van der Waals surface area (Å²) >= 11 is 0.959. The normalized spacial score (nSPS) is 14.2. The van der Waals surface area contributed by atoms with Crippen molar-refractivity contribution in [2.45, 2.75) is 37.6 Å². The van der Waals surface area contributed by atoms with Gasteiger partial charge in [0.25, 0.3) is 15.9 Å². The van der Waals surface area contributed by atoms with Crippen molar-refractivity contribution in [3.05, 3.63) is 94.6 Å². The number of sulfonamides is 1. The average molecular weight is 602 g/mol. The number of hydrogen-bond donors (Lipinski definition) is 2.